The fourth-order valence-electron chi connectivity index (χ4n) is 4.11. The van der Waals surface area contributed by atoms with Gasteiger partial charge in [-0.3, -0.25) is 4.79 Å². The Morgan fingerprint density at radius 2 is 1.91 bits per heavy atom. The number of carbonyl (C=O) groups excluding carboxylic acids is 2. The second-order valence-corrected chi connectivity index (χ2v) is 10.00. The number of aromatic amines is 1. The maximum absolute atomic E-state index is 13.6. The smallest absolute Gasteiger partial charge is 0.408 e. The lowest BCUT2D eigenvalue weighted by atomic mass is 10.0. The zero-order valence-corrected chi connectivity index (χ0v) is 20.2. The fraction of sp³-hybridized carbons (Fsp3) is 0.360. The normalized spacial score (nSPS) is 14.7. The molecule has 168 valence electrons. The summed E-state index contributed by atoms with van der Waals surface area (Å²) in [5, 5.41) is 3.93. The molecule has 0 bridgehead atoms. The average molecular weight is 498 g/mol. The van der Waals surface area contributed by atoms with Crippen LogP contribution in [0.4, 0.5) is 4.79 Å². The Morgan fingerprint density at radius 3 is 2.62 bits per heavy atom. The number of para-hydroxylation sites is 1. The molecule has 0 radical (unpaired) electrons. The quantitative estimate of drug-likeness (QED) is 0.535. The number of alkyl carbamates (subject to hydrolysis) is 1. The van der Waals surface area contributed by atoms with Gasteiger partial charge in [0.1, 0.15) is 11.6 Å². The van der Waals surface area contributed by atoms with Crippen LogP contribution in [0.25, 0.3) is 10.9 Å². The molecular formula is C25H28BrN3O3. The highest BCUT2D eigenvalue weighted by Crippen LogP contribution is 2.32. The van der Waals surface area contributed by atoms with Gasteiger partial charge in [0.05, 0.1) is 5.52 Å². The van der Waals surface area contributed by atoms with Crippen LogP contribution in [0, 0.1) is 0 Å². The zero-order valence-electron chi connectivity index (χ0n) is 18.6. The third kappa shape index (κ3) is 4.99. The fourth-order valence-corrected chi connectivity index (χ4v) is 4.58. The van der Waals surface area contributed by atoms with Crippen LogP contribution in [0.2, 0.25) is 0 Å². The molecule has 1 aliphatic rings. The Morgan fingerprint density at radius 1 is 1.16 bits per heavy atom. The van der Waals surface area contributed by atoms with Crippen LogP contribution in [0.5, 0.6) is 0 Å². The van der Waals surface area contributed by atoms with Crippen LogP contribution in [0.1, 0.15) is 37.6 Å². The van der Waals surface area contributed by atoms with Crippen molar-refractivity contribution in [3.05, 3.63) is 69.8 Å². The number of nitrogens with zero attached hydrogens (tertiary/aromatic N) is 1. The van der Waals surface area contributed by atoms with Gasteiger partial charge in [-0.15, -0.1) is 0 Å². The molecule has 6 nitrogen and oxygen atoms in total. The molecule has 0 fully saturated rings. The van der Waals surface area contributed by atoms with Crippen molar-refractivity contribution in [2.75, 3.05) is 6.54 Å². The van der Waals surface area contributed by atoms with E-state index in [0.717, 1.165) is 38.6 Å². The number of fused-ring (bicyclic) bond motifs is 3. The number of aromatic nitrogens is 1. The van der Waals surface area contributed by atoms with E-state index >= 15 is 0 Å². The first-order chi connectivity index (χ1) is 15.2. The van der Waals surface area contributed by atoms with Gasteiger partial charge in [-0.25, -0.2) is 4.79 Å². The van der Waals surface area contributed by atoms with Crippen molar-refractivity contribution in [2.24, 2.45) is 0 Å². The number of rotatable bonds is 4. The lowest BCUT2D eigenvalue weighted by molar-refractivity contribution is -0.134. The van der Waals surface area contributed by atoms with E-state index in [1.54, 1.807) is 0 Å². The van der Waals surface area contributed by atoms with Gasteiger partial charge in [0.2, 0.25) is 5.91 Å². The number of carbonyl (C=O) groups is 2. The minimum absolute atomic E-state index is 0.102. The van der Waals surface area contributed by atoms with Crippen molar-refractivity contribution in [3.8, 4) is 0 Å². The summed E-state index contributed by atoms with van der Waals surface area (Å²) in [5.41, 5.74) is 3.70. The van der Waals surface area contributed by atoms with Crippen LogP contribution in [0.3, 0.4) is 0 Å². The van der Waals surface area contributed by atoms with Gasteiger partial charge in [0.15, 0.2) is 0 Å². The van der Waals surface area contributed by atoms with Crippen LogP contribution in [0.15, 0.2) is 53.0 Å². The van der Waals surface area contributed by atoms with Crippen LogP contribution < -0.4 is 5.32 Å². The van der Waals surface area contributed by atoms with E-state index in [-0.39, 0.29) is 5.91 Å². The number of nitrogens with one attached hydrogen (secondary N) is 2. The van der Waals surface area contributed by atoms with Gasteiger partial charge < -0.3 is 19.9 Å². The van der Waals surface area contributed by atoms with Gasteiger partial charge >= 0.3 is 6.09 Å². The predicted octanol–water partition coefficient (Wildman–Crippen LogP) is 4.95. The summed E-state index contributed by atoms with van der Waals surface area (Å²) in [6.07, 6.45) is 0.564. The lowest BCUT2D eigenvalue weighted by Gasteiger charge is -2.31. The Labute approximate surface area is 196 Å². The highest BCUT2D eigenvalue weighted by atomic mass is 79.9. The van der Waals surface area contributed by atoms with E-state index in [0.29, 0.717) is 19.5 Å². The summed E-state index contributed by atoms with van der Waals surface area (Å²) in [7, 11) is 0. The second kappa shape index (κ2) is 8.98. The maximum Gasteiger partial charge on any atom is 0.408 e. The van der Waals surface area contributed by atoms with Crippen LogP contribution in [-0.2, 0) is 28.9 Å². The molecule has 0 aliphatic carbocycles. The highest BCUT2D eigenvalue weighted by Gasteiger charge is 2.31. The number of benzene rings is 2. The molecule has 3 aromatic rings. The lowest BCUT2D eigenvalue weighted by Crippen LogP contribution is -2.51. The summed E-state index contributed by atoms with van der Waals surface area (Å²) >= 11 is 3.61. The molecule has 7 heteroatoms. The Hall–Kier alpha value is -2.80. The van der Waals surface area contributed by atoms with E-state index in [2.05, 4.69) is 32.3 Å². The van der Waals surface area contributed by atoms with Gasteiger partial charge in [0, 0.05) is 47.0 Å². The van der Waals surface area contributed by atoms with E-state index in [1.165, 1.54) is 0 Å². The SMILES string of the molecule is CC(C)(C)OC(=O)NC(Cc1ccccc1)C(=O)N1CCc2[nH]c3c(Br)cccc3c2C1. The number of hydrogen-bond donors (Lipinski definition) is 2. The molecule has 0 saturated carbocycles. The molecule has 32 heavy (non-hydrogen) atoms. The molecule has 2 amide bonds. The van der Waals surface area contributed by atoms with E-state index in [9.17, 15) is 9.59 Å². The molecule has 4 rings (SSSR count). The minimum Gasteiger partial charge on any atom is -0.444 e. The standard InChI is InChI=1S/C25H28BrN3O3/c1-25(2,3)32-24(31)28-21(14-16-8-5-4-6-9-16)23(30)29-13-12-20-18(15-29)17-10-7-11-19(26)22(17)27-20/h4-11,21,27H,12-15H2,1-3H3,(H,28,31). The van der Waals surface area contributed by atoms with Crippen LogP contribution >= 0.6 is 15.9 Å². The van der Waals surface area contributed by atoms with E-state index in [4.69, 9.17) is 4.74 Å². The number of ether oxygens (including phenoxy) is 1. The molecule has 1 aliphatic heterocycles. The summed E-state index contributed by atoms with van der Waals surface area (Å²) in [4.78, 5) is 31.4. The largest absolute Gasteiger partial charge is 0.444 e. The first kappa shape index (κ1) is 22.4. The van der Waals surface area contributed by atoms with Crippen molar-refractivity contribution < 1.29 is 14.3 Å². The van der Waals surface area contributed by atoms with Gasteiger partial charge in [-0.05, 0) is 48.3 Å². The van der Waals surface area contributed by atoms with Crippen LogP contribution in [-0.4, -0.2) is 40.1 Å². The second-order valence-electron chi connectivity index (χ2n) is 9.14. The molecular weight excluding hydrogens is 470 g/mol. The molecule has 2 N–H and O–H groups in total. The van der Waals surface area contributed by atoms with Gasteiger partial charge in [0.25, 0.3) is 0 Å². The first-order valence-electron chi connectivity index (χ1n) is 10.8. The third-order valence-electron chi connectivity index (χ3n) is 5.54. The highest BCUT2D eigenvalue weighted by molar-refractivity contribution is 9.10. The zero-order chi connectivity index (χ0) is 22.9. The number of halogens is 1. The minimum atomic E-state index is -0.703. The number of hydrogen-bond acceptors (Lipinski definition) is 3. The summed E-state index contributed by atoms with van der Waals surface area (Å²) in [6.45, 7) is 6.52. The molecule has 1 aromatic heterocycles. The average Bonchev–Trinajstić information content (AvgIpc) is 3.11. The molecule has 1 unspecified atom stereocenters. The molecule has 1 atom stereocenters. The van der Waals surface area contributed by atoms with Gasteiger partial charge in [-0.1, -0.05) is 42.5 Å². The van der Waals surface area contributed by atoms with E-state index < -0.39 is 17.7 Å². The number of H-pyrrole nitrogens is 1. The van der Waals surface area contributed by atoms with Crippen molar-refractivity contribution >= 4 is 38.8 Å². The van der Waals surface area contributed by atoms with Gasteiger partial charge in [-0.2, -0.15) is 0 Å². The summed E-state index contributed by atoms with van der Waals surface area (Å²) in [6, 6.07) is 15.1. The molecule has 0 saturated heterocycles. The topological polar surface area (TPSA) is 74.4 Å². The number of amides is 2. The molecule has 2 heterocycles. The summed E-state index contributed by atoms with van der Waals surface area (Å²) < 4.78 is 6.44. The van der Waals surface area contributed by atoms with Crippen molar-refractivity contribution in [1.29, 1.82) is 0 Å². The predicted molar refractivity (Wildman–Crippen MR) is 128 cm³/mol. The Bertz CT molecular complexity index is 1130. The molecule has 0 spiro atoms. The maximum atomic E-state index is 13.6. The van der Waals surface area contributed by atoms with Crippen molar-refractivity contribution in [1.82, 2.24) is 15.2 Å². The van der Waals surface area contributed by atoms with Crippen molar-refractivity contribution in [3.63, 3.8) is 0 Å². The Kier molecular flexibility index (Phi) is 6.29. The monoisotopic (exact) mass is 497 g/mol. The molecule has 2 aromatic carbocycles. The van der Waals surface area contributed by atoms with E-state index in [1.807, 2.05) is 68.1 Å². The Balaban J connectivity index is 1.57. The van der Waals surface area contributed by atoms with Crippen molar-refractivity contribution in [2.45, 2.75) is 51.8 Å². The third-order valence-corrected chi connectivity index (χ3v) is 6.20. The summed E-state index contributed by atoms with van der Waals surface area (Å²) in [5.74, 6) is -0.102. The first-order valence-corrected chi connectivity index (χ1v) is 11.6.